The van der Waals surface area contributed by atoms with Crippen molar-refractivity contribution in [2.75, 3.05) is 14.2 Å². The quantitative estimate of drug-likeness (QED) is 0.410. The standard InChI is InChI=1S/C15H22NO4/c1-19-14(17)6-4-3-5-9-16-10-7-13(8-11-16)12-15(18)20-2/h7-8,10-11H,3-6,9,12H2,1-2H3/q+1. The molecular weight excluding hydrogens is 258 g/mol. The summed E-state index contributed by atoms with van der Waals surface area (Å²) >= 11 is 0. The number of carbonyl (C=O) groups is 2. The van der Waals surface area contributed by atoms with E-state index in [1.807, 2.05) is 24.5 Å². The first-order valence-corrected chi connectivity index (χ1v) is 6.77. The van der Waals surface area contributed by atoms with Gasteiger partial charge in [-0.15, -0.1) is 0 Å². The van der Waals surface area contributed by atoms with E-state index >= 15 is 0 Å². The van der Waals surface area contributed by atoms with Crippen LogP contribution in [-0.2, 0) is 32.0 Å². The molecule has 0 aromatic carbocycles. The van der Waals surface area contributed by atoms with Gasteiger partial charge in [-0.1, -0.05) is 0 Å². The lowest BCUT2D eigenvalue weighted by Gasteiger charge is -2.01. The van der Waals surface area contributed by atoms with Crippen LogP contribution < -0.4 is 4.57 Å². The van der Waals surface area contributed by atoms with Gasteiger partial charge in [0.2, 0.25) is 0 Å². The fourth-order valence-electron chi connectivity index (χ4n) is 1.84. The van der Waals surface area contributed by atoms with Gasteiger partial charge in [-0.3, -0.25) is 9.59 Å². The molecule has 0 radical (unpaired) electrons. The zero-order chi connectivity index (χ0) is 14.8. The van der Waals surface area contributed by atoms with E-state index in [4.69, 9.17) is 0 Å². The van der Waals surface area contributed by atoms with Gasteiger partial charge in [0.25, 0.3) is 0 Å². The Balaban J connectivity index is 2.24. The minimum absolute atomic E-state index is 0.148. The number of pyridine rings is 1. The van der Waals surface area contributed by atoms with E-state index in [1.54, 1.807) is 0 Å². The molecule has 0 fully saturated rings. The zero-order valence-corrected chi connectivity index (χ0v) is 12.1. The van der Waals surface area contributed by atoms with E-state index in [-0.39, 0.29) is 11.9 Å². The second-order valence-electron chi connectivity index (χ2n) is 4.58. The van der Waals surface area contributed by atoms with Gasteiger partial charge in [0.1, 0.15) is 6.54 Å². The highest BCUT2D eigenvalue weighted by molar-refractivity contribution is 5.72. The number of esters is 2. The van der Waals surface area contributed by atoms with Crippen molar-refractivity contribution in [1.82, 2.24) is 0 Å². The van der Waals surface area contributed by atoms with Crippen LogP contribution >= 0.6 is 0 Å². The lowest BCUT2D eigenvalue weighted by atomic mass is 10.2. The molecule has 0 spiro atoms. The molecule has 1 heterocycles. The van der Waals surface area contributed by atoms with Crippen LogP contribution in [0.4, 0.5) is 0 Å². The van der Waals surface area contributed by atoms with Crippen molar-refractivity contribution >= 4 is 11.9 Å². The van der Waals surface area contributed by atoms with Gasteiger partial charge in [-0.05, 0) is 18.4 Å². The molecule has 5 nitrogen and oxygen atoms in total. The number of nitrogens with zero attached hydrogens (tertiary/aromatic N) is 1. The average Bonchev–Trinajstić information content (AvgIpc) is 2.48. The third kappa shape index (κ3) is 6.31. The summed E-state index contributed by atoms with van der Waals surface area (Å²) in [5.41, 5.74) is 0.943. The van der Waals surface area contributed by atoms with Gasteiger partial charge < -0.3 is 9.47 Å². The molecule has 0 unspecified atom stereocenters. The fraction of sp³-hybridized carbons (Fsp3) is 0.533. The van der Waals surface area contributed by atoms with Crippen molar-refractivity contribution in [3.63, 3.8) is 0 Å². The highest BCUT2D eigenvalue weighted by atomic mass is 16.5. The first-order chi connectivity index (χ1) is 9.65. The predicted molar refractivity (Wildman–Crippen MR) is 72.8 cm³/mol. The Labute approximate surface area is 119 Å². The monoisotopic (exact) mass is 280 g/mol. The summed E-state index contributed by atoms with van der Waals surface area (Å²) < 4.78 is 11.3. The van der Waals surface area contributed by atoms with Crippen LogP contribution in [0.3, 0.4) is 0 Å². The summed E-state index contributed by atoms with van der Waals surface area (Å²) in [6.45, 7) is 0.902. The molecule has 1 rings (SSSR count). The molecule has 1 aromatic rings. The number of methoxy groups -OCH3 is 2. The zero-order valence-electron chi connectivity index (χ0n) is 12.1. The number of carbonyl (C=O) groups excluding carboxylic acids is 2. The number of hydrogen-bond acceptors (Lipinski definition) is 4. The smallest absolute Gasteiger partial charge is 0.309 e. The normalized spacial score (nSPS) is 10.1. The van der Waals surface area contributed by atoms with E-state index in [9.17, 15) is 9.59 Å². The second kappa shape index (κ2) is 9.07. The van der Waals surface area contributed by atoms with Gasteiger partial charge in [-0.25, -0.2) is 4.57 Å². The Kier molecular flexibility index (Phi) is 7.32. The van der Waals surface area contributed by atoms with Gasteiger partial charge in [0, 0.05) is 25.0 Å². The first-order valence-electron chi connectivity index (χ1n) is 6.77. The molecule has 0 bridgehead atoms. The number of hydrogen-bond donors (Lipinski definition) is 0. The minimum Gasteiger partial charge on any atom is -0.469 e. The van der Waals surface area contributed by atoms with Crippen LogP contribution in [0, 0.1) is 0 Å². The predicted octanol–water partition coefficient (Wildman–Crippen LogP) is 1.42. The first kappa shape index (κ1) is 16.1. The number of aromatic nitrogens is 1. The van der Waals surface area contributed by atoms with Crippen LogP contribution in [0.1, 0.15) is 31.2 Å². The molecule has 0 saturated carbocycles. The van der Waals surface area contributed by atoms with E-state index in [1.165, 1.54) is 14.2 Å². The van der Waals surface area contributed by atoms with Crippen LogP contribution in [0.5, 0.6) is 0 Å². The van der Waals surface area contributed by atoms with Crippen molar-refractivity contribution in [3.05, 3.63) is 30.1 Å². The third-order valence-electron chi connectivity index (χ3n) is 3.06. The van der Waals surface area contributed by atoms with Gasteiger partial charge >= 0.3 is 11.9 Å². The lowest BCUT2D eigenvalue weighted by Crippen LogP contribution is -2.32. The van der Waals surface area contributed by atoms with Crippen molar-refractivity contribution < 1.29 is 23.6 Å². The van der Waals surface area contributed by atoms with Crippen LogP contribution in [-0.4, -0.2) is 26.2 Å². The highest BCUT2D eigenvalue weighted by Crippen LogP contribution is 2.02. The number of aryl methyl sites for hydroxylation is 1. The van der Waals surface area contributed by atoms with Crippen molar-refractivity contribution in [3.8, 4) is 0 Å². The van der Waals surface area contributed by atoms with Crippen molar-refractivity contribution in [2.45, 2.75) is 38.6 Å². The molecule has 110 valence electrons. The summed E-state index contributed by atoms with van der Waals surface area (Å²) in [7, 11) is 2.80. The summed E-state index contributed by atoms with van der Waals surface area (Å²) in [5.74, 6) is -0.379. The Morgan fingerprint density at radius 1 is 1.00 bits per heavy atom. The average molecular weight is 280 g/mol. The second-order valence-corrected chi connectivity index (χ2v) is 4.58. The number of ether oxygens (including phenoxy) is 2. The molecule has 0 aliphatic heterocycles. The molecule has 20 heavy (non-hydrogen) atoms. The Morgan fingerprint density at radius 3 is 2.25 bits per heavy atom. The number of rotatable bonds is 8. The summed E-state index contributed by atoms with van der Waals surface area (Å²) in [4.78, 5) is 22.1. The molecule has 0 aliphatic rings. The van der Waals surface area contributed by atoms with E-state index in [2.05, 4.69) is 14.0 Å². The maximum atomic E-state index is 11.1. The van der Waals surface area contributed by atoms with Crippen molar-refractivity contribution in [2.24, 2.45) is 0 Å². The largest absolute Gasteiger partial charge is 0.469 e. The van der Waals surface area contributed by atoms with E-state index < -0.39 is 0 Å². The Bertz CT molecular complexity index is 428. The highest BCUT2D eigenvalue weighted by Gasteiger charge is 2.06. The SMILES string of the molecule is COC(=O)CCCCC[n+]1ccc(CC(=O)OC)cc1. The molecule has 5 heteroatoms. The van der Waals surface area contributed by atoms with Gasteiger partial charge in [0.05, 0.1) is 20.6 Å². The molecule has 0 amide bonds. The topological polar surface area (TPSA) is 56.5 Å². The van der Waals surface area contributed by atoms with Gasteiger partial charge in [0.15, 0.2) is 12.4 Å². The molecule has 1 aromatic heterocycles. The Hall–Kier alpha value is -1.91. The third-order valence-corrected chi connectivity index (χ3v) is 3.06. The molecule has 0 saturated heterocycles. The van der Waals surface area contributed by atoms with Gasteiger partial charge in [-0.2, -0.15) is 0 Å². The van der Waals surface area contributed by atoms with Crippen LogP contribution in [0.2, 0.25) is 0 Å². The summed E-state index contributed by atoms with van der Waals surface area (Å²) in [6, 6.07) is 3.84. The lowest BCUT2D eigenvalue weighted by molar-refractivity contribution is -0.697. The van der Waals surface area contributed by atoms with E-state index in [0.717, 1.165) is 31.4 Å². The maximum absolute atomic E-state index is 11.1. The van der Waals surface area contributed by atoms with Crippen LogP contribution in [0.25, 0.3) is 0 Å². The molecule has 0 N–H and O–H groups in total. The Morgan fingerprint density at radius 2 is 1.65 bits per heavy atom. The molecule has 0 aliphatic carbocycles. The summed E-state index contributed by atoms with van der Waals surface area (Å²) in [5, 5.41) is 0. The van der Waals surface area contributed by atoms with Crippen molar-refractivity contribution in [1.29, 1.82) is 0 Å². The molecule has 0 atom stereocenters. The van der Waals surface area contributed by atoms with Crippen LogP contribution in [0.15, 0.2) is 24.5 Å². The van der Waals surface area contributed by atoms with E-state index in [0.29, 0.717) is 12.8 Å². The molecular formula is C15H22NO4+. The maximum Gasteiger partial charge on any atom is 0.309 e. The summed E-state index contributed by atoms with van der Waals surface area (Å²) in [6.07, 6.45) is 7.56. The fourth-order valence-corrected chi connectivity index (χ4v) is 1.84. The number of unbranched alkanes of at least 4 members (excludes halogenated alkanes) is 2. The minimum atomic E-state index is -0.231.